The second kappa shape index (κ2) is 6.39. The number of sulfonamides is 1. The van der Waals surface area contributed by atoms with Gasteiger partial charge in [-0.05, 0) is 18.2 Å². The molecule has 0 amide bonds. The van der Waals surface area contributed by atoms with Gasteiger partial charge in [0.2, 0.25) is 5.95 Å². The number of imidazole rings is 1. The molecule has 0 spiro atoms. The van der Waals surface area contributed by atoms with Gasteiger partial charge in [-0.25, -0.2) is 22.5 Å². The Bertz CT molecular complexity index is 777. The summed E-state index contributed by atoms with van der Waals surface area (Å²) in [5.41, 5.74) is 0.0162. The minimum Gasteiger partial charge on any atom is -0.395 e. The average molecular weight is 309 g/mol. The molecule has 0 fully saturated rings. The third kappa shape index (κ3) is 3.81. The van der Waals surface area contributed by atoms with Gasteiger partial charge in [-0.3, -0.25) is 0 Å². The molecule has 0 radical (unpaired) electrons. The van der Waals surface area contributed by atoms with Crippen LogP contribution in [0.2, 0.25) is 0 Å². The fourth-order valence-corrected chi connectivity index (χ4v) is 2.67. The first-order valence-electron chi connectivity index (χ1n) is 5.94. The van der Waals surface area contributed by atoms with Crippen LogP contribution in [0, 0.1) is 17.7 Å². The third-order valence-electron chi connectivity index (χ3n) is 2.42. The summed E-state index contributed by atoms with van der Waals surface area (Å²) in [5.74, 6) is 4.56. The molecule has 2 rings (SSSR count). The van der Waals surface area contributed by atoms with E-state index in [9.17, 15) is 12.8 Å². The zero-order chi connectivity index (χ0) is 15.3. The summed E-state index contributed by atoms with van der Waals surface area (Å²) in [4.78, 5) is 6.20. The highest BCUT2D eigenvalue weighted by Crippen LogP contribution is 2.18. The van der Waals surface area contributed by atoms with Crippen molar-refractivity contribution in [2.75, 3.05) is 11.3 Å². The third-order valence-corrected chi connectivity index (χ3v) is 3.82. The normalized spacial score (nSPS) is 10.8. The fourth-order valence-electron chi connectivity index (χ4n) is 1.55. The van der Waals surface area contributed by atoms with E-state index in [-0.39, 0.29) is 29.4 Å². The Morgan fingerprint density at radius 2 is 2.24 bits per heavy atom. The number of aromatic amines is 1. The number of anilines is 1. The second-order valence-corrected chi connectivity index (χ2v) is 5.61. The van der Waals surface area contributed by atoms with E-state index in [0.29, 0.717) is 0 Å². The smallest absolute Gasteiger partial charge is 0.265 e. The van der Waals surface area contributed by atoms with Crippen LogP contribution < -0.4 is 4.72 Å². The Labute approximate surface area is 121 Å². The molecule has 110 valence electrons. The topological polar surface area (TPSA) is 95.1 Å². The highest BCUT2D eigenvalue weighted by atomic mass is 32.2. The van der Waals surface area contributed by atoms with E-state index in [1.54, 1.807) is 0 Å². The number of rotatable bonds is 4. The SMILES string of the molecule is O=S(=O)(Nc1ncc[nH]1)c1ccc(F)cc1C#CCCO. The second-order valence-electron chi connectivity index (χ2n) is 3.96. The molecular formula is C13H12FN3O3S. The molecule has 0 saturated carbocycles. The number of hydrogen-bond donors (Lipinski definition) is 3. The van der Waals surface area contributed by atoms with Crippen molar-refractivity contribution in [3.05, 3.63) is 42.0 Å². The lowest BCUT2D eigenvalue weighted by atomic mass is 10.2. The summed E-state index contributed by atoms with van der Waals surface area (Å²) in [5, 5.41) is 8.68. The van der Waals surface area contributed by atoms with Gasteiger partial charge in [0.25, 0.3) is 10.0 Å². The molecule has 21 heavy (non-hydrogen) atoms. The zero-order valence-corrected chi connectivity index (χ0v) is 11.6. The van der Waals surface area contributed by atoms with Gasteiger partial charge < -0.3 is 10.1 Å². The van der Waals surface area contributed by atoms with Gasteiger partial charge in [0.15, 0.2) is 0 Å². The molecule has 0 aliphatic carbocycles. The van der Waals surface area contributed by atoms with E-state index in [4.69, 9.17) is 5.11 Å². The molecule has 0 unspecified atom stereocenters. The number of benzene rings is 1. The molecule has 0 saturated heterocycles. The van der Waals surface area contributed by atoms with Gasteiger partial charge in [-0.15, -0.1) is 0 Å². The standard InChI is InChI=1S/C13H12FN3O3S/c14-11-4-5-12(10(9-11)3-1-2-8-18)21(19,20)17-13-15-6-7-16-13/h4-7,9,18H,2,8H2,(H2,15,16,17). The Balaban J connectivity index is 2.41. The van der Waals surface area contributed by atoms with Crippen molar-refractivity contribution in [3.8, 4) is 11.8 Å². The summed E-state index contributed by atoms with van der Waals surface area (Å²) in [6.07, 6.45) is 3.02. The number of hydrogen-bond acceptors (Lipinski definition) is 4. The van der Waals surface area contributed by atoms with Crippen molar-refractivity contribution in [2.24, 2.45) is 0 Å². The van der Waals surface area contributed by atoms with Crippen molar-refractivity contribution in [1.29, 1.82) is 0 Å². The molecule has 1 heterocycles. The number of H-pyrrole nitrogens is 1. The van der Waals surface area contributed by atoms with Gasteiger partial charge in [0.05, 0.1) is 6.61 Å². The fraction of sp³-hybridized carbons (Fsp3) is 0.154. The number of aliphatic hydroxyl groups is 1. The predicted octanol–water partition coefficient (Wildman–Crippen LogP) is 1.08. The van der Waals surface area contributed by atoms with Crippen LogP contribution in [0.15, 0.2) is 35.5 Å². The lowest BCUT2D eigenvalue weighted by Crippen LogP contribution is -2.15. The molecule has 8 heteroatoms. The van der Waals surface area contributed by atoms with Crippen LogP contribution in [0.4, 0.5) is 10.3 Å². The van der Waals surface area contributed by atoms with E-state index in [1.165, 1.54) is 12.4 Å². The van der Waals surface area contributed by atoms with Gasteiger partial charge >= 0.3 is 0 Å². The van der Waals surface area contributed by atoms with Gasteiger partial charge in [0.1, 0.15) is 10.7 Å². The monoisotopic (exact) mass is 309 g/mol. The Morgan fingerprint density at radius 3 is 2.90 bits per heavy atom. The summed E-state index contributed by atoms with van der Waals surface area (Å²) in [7, 11) is -3.94. The highest BCUT2D eigenvalue weighted by molar-refractivity contribution is 7.92. The quantitative estimate of drug-likeness (QED) is 0.737. The molecule has 0 aliphatic rings. The van der Waals surface area contributed by atoms with E-state index in [2.05, 4.69) is 26.5 Å². The molecule has 0 aliphatic heterocycles. The van der Waals surface area contributed by atoms with Crippen molar-refractivity contribution in [2.45, 2.75) is 11.3 Å². The number of nitrogens with zero attached hydrogens (tertiary/aromatic N) is 1. The number of halogens is 1. The van der Waals surface area contributed by atoms with E-state index < -0.39 is 15.8 Å². The minimum atomic E-state index is -3.94. The van der Waals surface area contributed by atoms with Crippen LogP contribution in [0.1, 0.15) is 12.0 Å². The highest BCUT2D eigenvalue weighted by Gasteiger charge is 2.19. The lowest BCUT2D eigenvalue weighted by molar-refractivity contribution is 0.305. The van der Waals surface area contributed by atoms with Gasteiger partial charge in [0, 0.05) is 24.4 Å². The van der Waals surface area contributed by atoms with Crippen LogP contribution in [0.25, 0.3) is 0 Å². The van der Waals surface area contributed by atoms with Crippen LogP contribution in [-0.4, -0.2) is 30.1 Å². The Hall–Kier alpha value is -2.37. The Kier molecular flexibility index (Phi) is 4.57. The van der Waals surface area contributed by atoms with Crippen LogP contribution >= 0.6 is 0 Å². The lowest BCUT2D eigenvalue weighted by Gasteiger charge is -2.07. The summed E-state index contributed by atoms with van der Waals surface area (Å²) >= 11 is 0. The summed E-state index contributed by atoms with van der Waals surface area (Å²) in [6, 6.07) is 3.19. The molecular weight excluding hydrogens is 297 g/mol. The average Bonchev–Trinajstić information content (AvgIpc) is 2.91. The number of nitrogens with one attached hydrogen (secondary N) is 2. The maximum Gasteiger partial charge on any atom is 0.265 e. The first kappa shape index (κ1) is 15.0. The largest absolute Gasteiger partial charge is 0.395 e. The molecule has 2 aromatic rings. The zero-order valence-electron chi connectivity index (χ0n) is 10.8. The van der Waals surface area contributed by atoms with Gasteiger partial charge in [-0.1, -0.05) is 11.8 Å². The number of aromatic nitrogens is 2. The van der Waals surface area contributed by atoms with E-state index >= 15 is 0 Å². The first-order chi connectivity index (χ1) is 10.0. The predicted molar refractivity (Wildman–Crippen MR) is 74.4 cm³/mol. The van der Waals surface area contributed by atoms with Gasteiger partial charge in [-0.2, -0.15) is 0 Å². The first-order valence-corrected chi connectivity index (χ1v) is 7.43. The van der Waals surface area contributed by atoms with Crippen molar-refractivity contribution in [3.63, 3.8) is 0 Å². The van der Waals surface area contributed by atoms with E-state index in [0.717, 1.165) is 18.2 Å². The van der Waals surface area contributed by atoms with E-state index in [1.807, 2.05) is 0 Å². The van der Waals surface area contributed by atoms with Crippen LogP contribution in [0.5, 0.6) is 0 Å². The Morgan fingerprint density at radius 1 is 1.43 bits per heavy atom. The summed E-state index contributed by atoms with van der Waals surface area (Å²) < 4.78 is 40.0. The van der Waals surface area contributed by atoms with Crippen LogP contribution in [0.3, 0.4) is 0 Å². The van der Waals surface area contributed by atoms with Crippen molar-refractivity contribution >= 4 is 16.0 Å². The molecule has 3 N–H and O–H groups in total. The molecule has 0 atom stereocenters. The number of aliphatic hydroxyl groups excluding tert-OH is 1. The molecule has 6 nitrogen and oxygen atoms in total. The maximum atomic E-state index is 13.3. The molecule has 1 aromatic heterocycles. The summed E-state index contributed by atoms with van der Waals surface area (Å²) in [6.45, 7) is -0.158. The minimum absolute atomic E-state index is 0.0162. The maximum absolute atomic E-state index is 13.3. The van der Waals surface area contributed by atoms with Crippen molar-refractivity contribution in [1.82, 2.24) is 9.97 Å². The van der Waals surface area contributed by atoms with Crippen LogP contribution in [-0.2, 0) is 10.0 Å². The molecule has 0 bridgehead atoms. The van der Waals surface area contributed by atoms with Crippen molar-refractivity contribution < 1.29 is 17.9 Å². The molecule has 1 aromatic carbocycles.